The average molecular weight is 207 g/mol. The molecule has 1 rings (SSSR count). The summed E-state index contributed by atoms with van der Waals surface area (Å²) in [6.45, 7) is 3.42. The van der Waals surface area contributed by atoms with E-state index in [-0.39, 0.29) is 13.0 Å². The molecule has 14 heavy (non-hydrogen) atoms. The molecule has 80 valence electrons. The first-order chi connectivity index (χ1) is 6.45. The maximum Gasteiger partial charge on any atom is 0.393 e. The van der Waals surface area contributed by atoms with Gasteiger partial charge >= 0.3 is 6.18 Å². The second kappa shape index (κ2) is 4.02. The number of likely N-dealkylation sites (tertiary alicyclic amines) is 1. The van der Waals surface area contributed by atoms with Crippen LogP contribution in [-0.2, 0) is 4.79 Å². The van der Waals surface area contributed by atoms with Crippen molar-refractivity contribution in [1.82, 2.24) is 4.90 Å². The minimum Gasteiger partial charge on any atom is -0.339 e. The van der Waals surface area contributed by atoms with Gasteiger partial charge in [-0.3, -0.25) is 4.79 Å². The van der Waals surface area contributed by atoms with Crippen LogP contribution in [0.3, 0.4) is 0 Å². The SMILES string of the molecule is C=CC(=O)N1CCC[C@@H](C(F)(F)F)C1. The van der Waals surface area contributed by atoms with Gasteiger partial charge in [0.05, 0.1) is 5.92 Å². The van der Waals surface area contributed by atoms with Crippen LogP contribution in [0.5, 0.6) is 0 Å². The predicted octanol–water partition coefficient (Wildman–Crippen LogP) is 1.97. The lowest BCUT2D eigenvalue weighted by atomic mass is 9.97. The van der Waals surface area contributed by atoms with Gasteiger partial charge in [0, 0.05) is 13.1 Å². The van der Waals surface area contributed by atoms with Gasteiger partial charge in [-0.25, -0.2) is 0 Å². The summed E-state index contributed by atoms with van der Waals surface area (Å²) in [5.74, 6) is -1.79. The van der Waals surface area contributed by atoms with Crippen LogP contribution in [0.2, 0.25) is 0 Å². The second-order valence-electron chi connectivity index (χ2n) is 3.37. The molecular weight excluding hydrogens is 195 g/mol. The number of hydrogen-bond acceptors (Lipinski definition) is 1. The van der Waals surface area contributed by atoms with E-state index in [1.165, 1.54) is 4.90 Å². The van der Waals surface area contributed by atoms with E-state index in [1.54, 1.807) is 0 Å². The van der Waals surface area contributed by atoms with Gasteiger partial charge in [-0.05, 0) is 18.9 Å². The van der Waals surface area contributed by atoms with Crippen LogP contribution in [0.1, 0.15) is 12.8 Å². The molecule has 1 fully saturated rings. The molecule has 0 aromatic heterocycles. The zero-order chi connectivity index (χ0) is 10.8. The van der Waals surface area contributed by atoms with Crippen LogP contribution < -0.4 is 0 Å². The zero-order valence-electron chi connectivity index (χ0n) is 7.68. The Hall–Kier alpha value is -1.00. The number of halogens is 3. The number of hydrogen-bond donors (Lipinski definition) is 0. The van der Waals surface area contributed by atoms with Gasteiger partial charge in [0.1, 0.15) is 0 Å². The topological polar surface area (TPSA) is 20.3 Å². The number of amides is 1. The molecular formula is C9H12F3NO. The molecule has 1 aliphatic rings. The summed E-state index contributed by atoms with van der Waals surface area (Å²) in [7, 11) is 0. The molecule has 0 bridgehead atoms. The molecule has 0 saturated carbocycles. The van der Waals surface area contributed by atoms with Crippen molar-refractivity contribution >= 4 is 5.91 Å². The molecule has 5 heteroatoms. The smallest absolute Gasteiger partial charge is 0.339 e. The number of nitrogens with zero attached hydrogens (tertiary/aromatic N) is 1. The van der Waals surface area contributed by atoms with Gasteiger partial charge in [0.25, 0.3) is 0 Å². The van der Waals surface area contributed by atoms with Crippen molar-refractivity contribution in [1.29, 1.82) is 0 Å². The number of alkyl halides is 3. The molecule has 0 unspecified atom stereocenters. The van der Waals surface area contributed by atoms with Gasteiger partial charge in [-0.2, -0.15) is 13.2 Å². The van der Waals surface area contributed by atoms with Crippen molar-refractivity contribution < 1.29 is 18.0 Å². The zero-order valence-corrected chi connectivity index (χ0v) is 7.68. The van der Waals surface area contributed by atoms with Crippen LogP contribution in [0.15, 0.2) is 12.7 Å². The third kappa shape index (κ3) is 2.49. The lowest BCUT2D eigenvalue weighted by Gasteiger charge is -2.33. The predicted molar refractivity (Wildman–Crippen MR) is 45.6 cm³/mol. The van der Waals surface area contributed by atoms with Crippen molar-refractivity contribution in [2.45, 2.75) is 19.0 Å². The van der Waals surface area contributed by atoms with E-state index in [1.807, 2.05) is 0 Å². The Kier molecular flexibility index (Phi) is 3.18. The second-order valence-corrected chi connectivity index (χ2v) is 3.37. The molecule has 0 aromatic rings. The maximum atomic E-state index is 12.3. The van der Waals surface area contributed by atoms with E-state index in [0.717, 1.165) is 6.08 Å². The molecule has 1 aliphatic heterocycles. The molecule has 1 saturated heterocycles. The summed E-state index contributed by atoms with van der Waals surface area (Å²) in [5.41, 5.74) is 0. The highest BCUT2D eigenvalue weighted by atomic mass is 19.4. The number of piperidine rings is 1. The van der Waals surface area contributed by atoms with Crippen molar-refractivity contribution in [2.24, 2.45) is 5.92 Å². The molecule has 1 amide bonds. The summed E-state index contributed by atoms with van der Waals surface area (Å²) in [6.07, 6.45) is -2.62. The van der Waals surface area contributed by atoms with E-state index >= 15 is 0 Å². The van der Waals surface area contributed by atoms with Crippen LogP contribution in [0.25, 0.3) is 0 Å². The number of rotatable bonds is 1. The normalized spacial score (nSPS) is 23.4. The quantitative estimate of drug-likeness (QED) is 0.602. The molecule has 2 nitrogen and oxygen atoms in total. The highest BCUT2D eigenvalue weighted by Crippen LogP contribution is 2.33. The third-order valence-electron chi connectivity index (χ3n) is 2.37. The first-order valence-electron chi connectivity index (χ1n) is 4.43. The van der Waals surface area contributed by atoms with E-state index < -0.39 is 18.0 Å². The van der Waals surface area contributed by atoms with Crippen molar-refractivity contribution in [3.05, 3.63) is 12.7 Å². The lowest BCUT2D eigenvalue weighted by molar-refractivity contribution is -0.187. The van der Waals surface area contributed by atoms with E-state index in [4.69, 9.17) is 0 Å². The first kappa shape index (κ1) is 11.1. The number of carbonyl (C=O) groups is 1. The Balaban J connectivity index is 2.60. The Bertz CT molecular complexity index is 237. The van der Waals surface area contributed by atoms with Gasteiger partial charge in [0.2, 0.25) is 5.91 Å². The van der Waals surface area contributed by atoms with Crippen molar-refractivity contribution in [3.63, 3.8) is 0 Å². The fourth-order valence-electron chi connectivity index (χ4n) is 1.57. The summed E-state index contributed by atoms with van der Waals surface area (Å²) in [4.78, 5) is 12.3. The molecule has 0 aliphatic carbocycles. The Morgan fingerprint density at radius 1 is 1.50 bits per heavy atom. The number of carbonyl (C=O) groups excluding carboxylic acids is 1. The fraction of sp³-hybridized carbons (Fsp3) is 0.667. The van der Waals surface area contributed by atoms with Crippen LogP contribution >= 0.6 is 0 Å². The van der Waals surface area contributed by atoms with Gasteiger partial charge in [0.15, 0.2) is 0 Å². The average Bonchev–Trinajstić information content (AvgIpc) is 2.15. The minimum atomic E-state index is -4.19. The molecule has 1 atom stereocenters. The summed E-state index contributed by atoms with van der Waals surface area (Å²) >= 11 is 0. The molecule has 0 spiro atoms. The van der Waals surface area contributed by atoms with Gasteiger partial charge < -0.3 is 4.90 Å². The fourth-order valence-corrected chi connectivity index (χ4v) is 1.57. The van der Waals surface area contributed by atoms with Crippen molar-refractivity contribution in [2.75, 3.05) is 13.1 Å². The Labute approximate surface area is 80.4 Å². The summed E-state index contributed by atoms with van der Waals surface area (Å²) in [6, 6.07) is 0. The van der Waals surface area contributed by atoms with E-state index in [2.05, 4.69) is 6.58 Å². The van der Waals surface area contributed by atoms with Crippen LogP contribution in [0, 0.1) is 5.92 Å². The Morgan fingerprint density at radius 2 is 2.14 bits per heavy atom. The molecule has 0 aromatic carbocycles. The molecule has 1 heterocycles. The van der Waals surface area contributed by atoms with E-state index in [0.29, 0.717) is 13.0 Å². The largest absolute Gasteiger partial charge is 0.393 e. The minimum absolute atomic E-state index is 0.115. The van der Waals surface area contributed by atoms with Crippen molar-refractivity contribution in [3.8, 4) is 0 Å². The summed E-state index contributed by atoms with van der Waals surface area (Å²) < 4.78 is 37.0. The summed E-state index contributed by atoms with van der Waals surface area (Å²) in [5, 5.41) is 0. The monoisotopic (exact) mass is 207 g/mol. The maximum absolute atomic E-state index is 12.3. The first-order valence-corrected chi connectivity index (χ1v) is 4.43. The standard InChI is InChI=1S/C9H12F3NO/c1-2-8(14)13-5-3-4-7(6-13)9(10,11)12/h2,7H,1,3-6H2/t7-/m1/s1. The molecule has 0 N–H and O–H groups in total. The highest BCUT2D eigenvalue weighted by Gasteiger charge is 2.42. The van der Waals surface area contributed by atoms with Gasteiger partial charge in [-0.1, -0.05) is 6.58 Å². The van der Waals surface area contributed by atoms with E-state index in [9.17, 15) is 18.0 Å². The van der Waals surface area contributed by atoms with Crippen LogP contribution in [0.4, 0.5) is 13.2 Å². The molecule has 0 radical (unpaired) electrons. The highest BCUT2D eigenvalue weighted by molar-refractivity contribution is 5.87. The lowest BCUT2D eigenvalue weighted by Crippen LogP contribution is -2.43. The third-order valence-corrected chi connectivity index (χ3v) is 2.37. The van der Waals surface area contributed by atoms with Gasteiger partial charge in [-0.15, -0.1) is 0 Å². The Morgan fingerprint density at radius 3 is 2.64 bits per heavy atom. The van der Waals surface area contributed by atoms with Crippen LogP contribution in [-0.4, -0.2) is 30.1 Å².